The van der Waals surface area contributed by atoms with Gasteiger partial charge in [-0.2, -0.15) is 0 Å². The summed E-state index contributed by atoms with van der Waals surface area (Å²) in [5, 5.41) is 2.74. The standard InChI is InChI=1S/C7H17N3O/c1-6(11)9-4-7(2,3)5-10-8/h10H,4-5,8H2,1-3H3,(H,9,11). The minimum atomic E-state index is -0.00454. The summed E-state index contributed by atoms with van der Waals surface area (Å²) in [5.41, 5.74) is 2.59. The van der Waals surface area contributed by atoms with Crippen LogP contribution in [0.5, 0.6) is 0 Å². The van der Waals surface area contributed by atoms with Crippen molar-refractivity contribution in [2.24, 2.45) is 11.3 Å². The predicted octanol–water partition coefficient (Wildman–Crippen LogP) is -0.388. The van der Waals surface area contributed by atoms with Crippen LogP contribution in [0.3, 0.4) is 0 Å². The molecule has 0 aromatic rings. The maximum absolute atomic E-state index is 10.5. The Balaban J connectivity index is 3.63. The number of carbonyl (C=O) groups is 1. The molecule has 0 rings (SSSR count). The van der Waals surface area contributed by atoms with E-state index in [2.05, 4.69) is 10.7 Å². The van der Waals surface area contributed by atoms with E-state index in [1.165, 1.54) is 6.92 Å². The van der Waals surface area contributed by atoms with Crippen molar-refractivity contribution in [2.75, 3.05) is 13.1 Å². The van der Waals surface area contributed by atoms with E-state index >= 15 is 0 Å². The number of hydrogen-bond acceptors (Lipinski definition) is 3. The number of carbonyl (C=O) groups excluding carboxylic acids is 1. The van der Waals surface area contributed by atoms with Crippen LogP contribution >= 0.6 is 0 Å². The van der Waals surface area contributed by atoms with Gasteiger partial charge in [0.1, 0.15) is 0 Å². The summed E-state index contributed by atoms with van der Waals surface area (Å²) in [6.07, 6.45) is 0. The van der Waals surface area contributed by atoms with Crippen molar-refractivity contribution in [3.05, 3.63) is 0 Å². The third kappa shape index (κ3) is 5.82. The van der Waals surface area contributed by atoms with E-state index in [-0.39, 0.29) is 11.3 Å². The van der Waals surface area contributed by atoms with Crippen molar-refractivity contribution in [1.29, 1.82) is 0 Å². The molecule has 0 aromatic heterocycles. The lowest BCUT2D eigenvalue weighted by molar-refractivity contribution is -0.119. The molecule has 1 amide bonds. The van der Waals surface area contributed by atoms with Crippen molar-refractivity contribution < 1.29 is 4.79 Å². The van der Waals surface area contributed by atoms with E-state index in [0.29, 0.717) is 13.1 Å². The summed E-state index contributed by atoms with van der Waals surface area (Å²) >= 11 is 0. The Morgan fingerprint density at radius 2 is 2.00 bits per heavy atom. The van der Waals surface area contributed by atoms with Crippen molar-refractivity contribution in [2.45, 2.75) is 20.8 Å². The summed E-state index contributed by atoms with van der Waals surface area (Å²) in [7, 11) is 0. The summed E-state index contributed by atoms with van der Waals surface area (Å²) in [6, 6.07) is 0. The molecule has 11 heavy (non-hydrogen) atoms. The molecule has 0 aromatic carbocycles. The fourth-order valence-electron chi connectivity index (χ4n) is 0.703. The van der Waals surface area contributed by atoms with Crippen LogP contribution in [0.4, 0.5) is 0 Å². The normalized spacial score (nSPS) is 11.3. The maximum atomic E-state index is 10.5. The van der Waals surface area contributed by atoms with E-state index < -0.39 is 0 Å². The molecule has 0 saturated carbocycles. The van der Waals surface area contributed by atoms with E-state index in [9.17, 15) is 4.79 Å². The number of nitrogens with two attached hydrogens (primary N) is 1. The Bertz CT molecular complexity index is 134. The molecule has 0 bridgehead atoms. The molecule has 4 nitrogen and oxygen atoms in total. The molecule has 4 N–H and O–H groups in total. The van der Waals surface area contributed by atoms with Crippen LogP contribution < -0.4 is 16.6 Å². The van der Waals surface area contributed by atoms with Gasteiger partial charge in [0.15, 0.2) is 0 Å². The van der Waals surface area contributed by atoms with Crippen LogP contribution in [-0.2, 0) is 4.79 Å². The van der Waals surface area contributed by atoms with Gasteiger partial charge in [-0.05, 0) is 5.41 Å². The van der Waals surface area contributed by atoms with E-state index in [0.717, 1.165) is 0 Å². The van der Waals surface area contributed by atoms with Gasteiger partial charge in [-0.15, -0.1) is 0 Å². The van der Waals surface area contributed by atoms with Crippen molar-refractivity contribution in [3.8, 4) is 0 Å². The quantitative estimate of drug-likeness (QED) is 0.386. The number of rotatable bonds is 4. The Labute approximate surface area is 67.5 Å². The molecule has 66 valence electrons. The van der Waals surface area contributed by atoms with Gasteiger partial charge in [-0.1, -0.05) is 13.8 Å². The third-order valence-corrected chi connectivity index (χ3v) is 1.40. The van der Waals surface area contributed by atoms with Gasteiger partial charge < -0.3 is 5.32 Å². The molecule has 0 aliphatic heterocycles. The van der Waals surface area contributed by atoms with Crippen LogP contribution in [0.15, 0.2) is 0 Å². The van der Waals surface area contributed by atoms with Gasteiger partial charge in [-0.3, -0.25) is 16.1 Å². The first-order chi connectivity index (χ1) is 4.98. The number of nitrogens with one attached hydrogen (secondary N) is 2. The molecule has 4 heteroatoms. The molecular formula is C7H17N3O. The molecule has 0 saturated heterocycles. The molecular weight excluding hydrogens is 142 g/mol. The topological polar surface area (TPSA) is 67.2 Å². The largest absolute Gasteiger partial charge is 0.356 e. The minimum absolute atomic E-state index is 0.00454. The smallest absolute Gasteiger partial charge is 0.216 e. The van der Waals surface area contributed by atoms with Gasteiger partial charge in [0.25, 0.3) is 0 Å². The van der Waals surface area contributed by atoms with Crippen LogP contribution in [-0.4, -0.2) is 19.0 Å². The molecule has 0 unspecified atom stereocenters. The lowest BCUT2D eigenvalue weighted by Crippen LogP contribution is -2.41. The molecule has 0 aliphatic rings. The Morgan fingerprint density at radius 3 is 2.36 bits per heavy atom. The number of hydrogen-bond donors (Lipinski definition) is 3. The maximum Gasteiger partial charge on any atom is 0.216 e. The van der Waals surface area contributed by atoms with E-state index in [1.54, 1.807) is 0 Å². The zero-order valence-corrected chi connectivity index (χ0v) is 7.40. The first-order valence-corrected chi connectivity index (χ1v) is 3.66. The van der Waals surface area contributed by atoms with Crippen molar-refractivity contribution in [3.63, 3.8) is 0 Å². The first kappa shape index (κ1) is 10.4. The zero-order valence-electron chi connectivity index (χ0n) is 7.40. The average Bonchev–Trinajstić information content (AvgIpc) is 1.84. The highest BCUT2D eigenvalue weighted by atomic mass is 16.1. The van der Waals surface area contributed by atoms with Gasteiger partial charge in [0.05, 0.1) is 0 Å². The minimum Gasteiger partial charge on any atom is -0.356 e. The third-order valence-electron chi connectivity index (χ3n) is 1.40. The monoisotopic (exact) mass is 159 g/mol. The molecule has 0 atom stereocenters. The van der Waals surface area contributed by atoms with E-state index in [4.69, 9.17) is 5.84 Å². The second-order valence-corrected chi connectivity index (χ2v) is 3.45. The fraction of sp³-hybridized carbons (Fsp3) is 0.857. The summed E-state index contributed by atoms with van der Waals surface area (Å²) in [5.74, 6) is 5.15. The molecule has 0 heterocycles. The first-order valence-electron chi connectivity index (χ1n) is 3.66. The highest BCUT2D eigenvalue weighted by Crippen LogP contribution is 2.10. The van der Waals surface area contributed by atoms with Crippen LogP contribution in [0, 0.1) is 5.41 Å². The fourth-order valence-corrected chi connectivity index (χ4v) is 0.703. The van der Waals surface area contributed by atoms with Gasteiger partial charge in [0.2, 0.25) is 5.91 Å². The Hall–Kier alpha value is -0.610. The highest BCUT2D eigenvalue weighted by molar-refractivity contribution is 5.72. The Morgan fingerprint density at radius 1 is 1.45 bits per heavy atom. The lowest BCUT2D eigenvalue weighted by atomic mass is 9.94. The Kier molecular flexibility index (Phi) is 4.07. The van der Waals surface area contributed by atoms with Crippen LogP contribution in [0.2, 0.25) is 0 Å². The van der Waals surface area contributed by atoms with Crippen molar-refractivity contribution >= 4 is 5.91 Å². The number of amides is 1. The molecule has 0 spiro atoms. The summed E-state index contributed by atoms with van der Waals surface area (Å²) in [6.45, 7) is 6.90. The second-order valence-electron chi connectivity index (χ2n) is 3.45. The van der Waals surface area contributed by atoms with Crippen LogP contribution in [0.1, 0.15) is 20.8 Å². The van der Waals surface area contributed by atoms with E-state index in [1.807, 2.05) is 13.8 Å². The molecule has 0 radical (unpaired) electrons. The summed E-state index contributed by atoms with van der Waals surface area (Å²) < 4.78 is 0. The predicted molar refractivity (Wildman–Crippen MR) is 44.7 cm³/mol. The van der Waals surface area contributed by atoms with Crippen LogP contribution in [0.25, 0.3) is 0 Å². The van der Waals surface area contributed by atoms with Gasteiger partial charge in [0, 0.05) is 20.0 Å². The SMILES string of the molecule is CC(=O)NCC(C)(C)CNN. The highest BCUT2D eigenvalue weighted by Gasteiger charge is 2.16. The average molecular weight is 159 g/mol. The second kappa shape index (κ2) is 4.31. The van der Waals surface area contributed by atoms with Gasteiger partial charge >= 0.3 is 0 Å². The van der Waals surface area contributed by atoms with Crippen molar-refractivity contribution in [1.82, 2.24) is 10.7 Å². The van der Waals surface area contributed by atoms with Gasteiger partial charge in [-0.25, -0.2) is 0 Å². The number of hydrazine groups is 1. The zero-order chi connectivity index (χ0) is 8.91. The molecule has 0 fully saturated rings. The lowest BCUT2D eigenvalue weighted by Gasteiger charge is -2.23. The molecule has 0 aliphatic carbocycles. The summed E-state index contributed by atoms with van der Waals surface area (Å²) in [4.78, 5) is 10.5.